The molecule has 0 spiro atoms. The number of hydrogen-bond acceptors (Lipinski definition) is 7. The van der Waals surface area contributed by atoms with Crippen LogP contribution in [0.5, 0.6) is 0 Å². The van der Waals surface area contributed by atoms with E-state index in [0.29, 0.717) is 19.1 Å². The third-order valence-electron chi connectivity index (χ3n) is 5.66. The molecule has 9 heteroatoms. The van der Waals surface area contributed by atoms with Crippen molar-refractivity contribution in [2.75, 3.05) is 33.4 Å². The lowest BCUT2D eigenvalue weighted by Gasteiger charge is -2.40. The van der Waals surface area contributed by atoms with Crippen molar-refractivity contribution < 1.29 is 19.4 Å². The maximum atomic E-state index is 13.4. The molecule has 0 aromatic heterocycles. The zero-order valence-corrected chi connectivity index (χ0v) is 17.5. The normalized spacial score (nSPS) is 23.1. The first-order valence-corrected chi connectivity index (χ1v) is 10.1. The summed E-state index contributed by atoms with van der Waals surface area (Å²) in [6.07, 6.45) is 1.35. The number of carbonyl (C=O) groups excluding carboxylic acids is 2. The predicted molar refractivity (Wildman–Crippen MR) is 110 cm³/mol. The summed E-state index contributed by atoms with van der Waals surface area (Å²) >= 11 is 0. The molecule has 0 bridgehead atoms. The number of imide groups is 1. The first kappa shape index (κ1) is 20.4. The first-order valence-electron chi connectivity index (χ1n) is 10.1. The van der Waals surface area contributed by atoms with E-state index in [1.165, 1.54) is 9.80 Å². The predicted octanol–water partition coefficient (Wildman–Crippen LogP) is 0.941. The number of aliphatic hydroxyl groups is 1. The molecule has 2 unspecified atom stereocenters. The number of aryl methyl sites for hydroxylation is 1. The molecule has 0 saturated carbocycles. The van der Waals surface area contributed by atoms with Crippen molar-refractivity contribution in [2.45, 2.75) is 32.6 Å². The Balaban J connectivity index is 1.53. The van der Waals surface area contributed by atoms with Gasteiger partial charge in [0.2, 0.25) is 5.96 Å². The molecule has 3 aliphatic rings. The number of aliphatic hydroxyl groups excluding tert-OH is 1. The minimum atomic E-state index is -0.577. The number of nitrogens with zero attached hydrogens (tertiary/aromatic N) is 5. The Kier molecular flexibility index (Phi) is 5.48. The van der Waals surface area contributed by atoms with E-state index in [9.17, 15) is 9.59 Å². The lowest BCUT2D eigenvalue weighted by atomic mass is 10.1. The van der Waals surface area contributed by atoms with Gasteiger partial charge in [-0.15, -0.1) is 0 Å². The highest BCUT2D eigenvalue weighted by Crippen LogP contribution is 2.34. The van der Waals surface area contributed by atoms with E-state index in [1.54, 1.807) is 7.05 Å². The fourth-order valence-corrected chi connectivity index (χ4v) is 4.02. The average Bonchev–Trinajstić information content (AvgIpc) is 3.24. The molecule has 1 aromatic rings. The van der Waals surface area contributed by atoms with Crippen molar-refractivity contribution in [2.24, 2.45) is 4.99 Å². The van der Waals surface area contributed by atoms with Gasteiger partial charge in [-0.3, -0.25) is 9.69 Å². The molecule has 1 fully saturated rings. The summed E-state index contributed by atoms with van der Waals surface area (Å²) in [6, 6.07) is 6.90. The van der Waals surface area contributed by atoms with Crippen molar-refractivity contribution in [3.63, 3.8) is 0 Å². The van der Waals surface area contributed by atoms with Crippen LogP contribution in [0.3, 0.4) is 0 Å². The fourth-order valence-electron chi connectivity index (χ4n) is 4.02. The standard InChI is InChI=1S/C21H27N5O4/c1-14-4-6-16(7-5-14)13-26-19(28)17-18(23(3)21(26)29)22-20-24(8-10-30-11-9-27)15(2)12-25(17)20/h4-7,12,17-18,27H,8-11,13H2,1-3H3. The van der Waals surface area contributed by atoms with Gasteiger partial charge >= 0.3 is 6.03 Å². The van der Waals surface area contributed by atoms with Crippen LogP contribution in [-0.4, -0.2) is 88.2 Å². The van der Waals surface area contributed by atoms with E-state index < -0.39 is 12.2 Å². The number of benzene rings is 1. The van der Waals surface area contributed by atoms with E-state index in [4.69, 9.17) is 14.8 Å². The van der Waals surface area contributed by atoms with Crippen molar-refractivity contribution in [1.82, 2.24) is 19.6 Å². The number of ether oxygens (including phenoxy) is 1. The third-order valence-corrected chi connectivity index (χ3v) is 5.66. The molecule has 30 heavy (non-hydrogen) atoms. The van der Waals surface area contributed by atoms with Gasteiger partial charge in [-0.2, -0.15) is 0 Å². The van der Waals surface area contributed by atoms with Gasteiger partial charge in [0.05, 0.1) is 26.4 Å². The molecule has 0 aliphatic carbocycles. The van der Waals surface area contributed by atoms with Crippen LogP contribution >= 0.6 is 0 Å². The van der Waals surface area contributed by atoms with Crippen LogP contribution in [0.1, 0.15) is 18.1 Å². The van der Waals surface area contributed by atoms with Crippen molar-refractivity contribution in [3.05, 3.63) is 47.3 Å². The van der Waals surface area contributed by atoms with Crippen molar-refractivity contribution >= 4 is 17.9 Å². The summed E-state index contributed by atoms with van der Waals surface area (Å²) in [5.74, 6) is 0.408. The third kappa shape index (κ3) is 3.44. The van der Waals surface area contributed by atoms with Crippen LogP contribution in [0.25, 0.3) is 0 Å². The van der Waals surface area contributed by atoms with Gasteiger partial charge in [0.15, 0.2) is 12.2 Å². The van der Waals surface area contributed by atoms with Gasteiger partial charge in [0.1, 0.15) is 0 Å². The number of likely N-dealkylation sites (N-methyl/N-ethyl adjacent to an activating group) is 1. The number of fused-ring (bicyclic) bond motifs is 3. The maximum absolute atomic E-state index is 13.4. The topological polar surface area (TPSA) is 88.9 Å². The molecule has 3 heterocycles. The molecular weight excluding hydrogens is 386 g/mol. The Morgan fingerprint density at radius 1 is 1.10 bits per heavy atom. The molecule has 9 nitrogen and oxygen atoms in total. The minimum absolute atomic E-state index is 0.0235. The maximum Gasteiger partial charge on any atom is 0.328 e. The summed E-state index contributed by atoms with van der Waals surface area (Å²) < 4.78 is 5.38. The second-order valence-corrected chi connectivity index (χ2v) is 7.76. The van der Waals surface area contributed by atoms with Crippen LogP contribution in [0, 0.1) is 6.92 Å². The molecule has 1 aromatic carbocycles. The first-order chi connectivity index (χ1) is 14.4. The minimum Gasteiger partial charge on any atom is -0.394 e. The quantitative estimate of drug-likeness (QED) is 0.670. The zero-order chi connectivity index (χ0) is 21.4. The number of rotatable bonds is 7. The van der Waals surface area contributed by atoms with E-state index in [2.05, 4.69) is 0 Å². The number of urea groups is 1. The lowest BCUT2D eigenvalue weighted by Crippen LogP contribution is -2.63. The Hall–Kier alpha value is -2.91. The average molecular weight is 413 g/mol. The highest BCUT2D eigenvalue weighted by atomic mass is 16.5. The van der Waals surface area contributed by atoms with Crippen LogP contribution in [0.15, 0.2) is 41.2 Å². The Morgan fingerprint density at radius 2 is 1.83 bits per heavy atom. The number of allylic oxidation sites excluding steroid dienone is 1. The molecule has 3 amide bonds. The molecule has 0 radical (unpaired) electrons. The molecule has 160 valence electrons. The summed E-state index contributed by atoms with van der Waals surface area (Å²) in [7, 11) is 1.69. The van der Waals surface area contributed by atoms with Crippen LogP contribution < -0.4 is 0 Å². The molecular formula is C21H27N5O4. The molecule has 3 aliphatic heterocycles. The zero-order valence-electron chi connectivity index (χ0n) is 17.5. The van der Waals surface area contributed by atoms with Gasteiger partial charge in [0, 0.05) is 25.5 Å². The van der Waals surface area contributed by atoms with E-state index in [1.807, 2.05) is 54.1 Å². The van der Waals surface area contributed by atoms with Gasteiger partial charge < -0.3 is 24.5 Å². The van der Waals surface area contributed by atoms with Gasteiger partial charge in [-0.05, 0) is 19.4 Å². The molecule has 1 saturated heterocycles. The molecule has 2 atom stereocenters. The molecule has 1 N–H and O–H groups in total. The summed E-state index contributed by atoms with van der Waals surface area (Å²) in [4.78, 5) is 37.7. The SMILES string of the molecule is CC1=CN2C(=NC3C2C(=O)N(Cc2ccc(C)cc2)C(=O)N3C)N1CCOCCO. The van der Waals surface area contributed by atoms with Gasteiger partial charge in [-0.25, -0.2) is 9.79 Å². The Bertz CT molecular complexity index is 897. The Labute approximate surface area is 175 Å². The van der Waals surface area contributed by atoms with E-state index in [0.717, 1.165) is 16.8 Å². The smallest absolute Gasteiger partial charge is 0.328 e. The van der Waals surface area contributed by atoms with Crippen LogP contribution in [0.4, 0.5) is 4.79 Å². The number of guanidine groups is 1. The second kappa shape index (κ2) is 8.08. The van der Waals surface area contributed by atoms with E-state index in [-0.39, 0.29) is 31.7 Å². The van der Waals surface area contributed by atoms with Crippen LogP contribution in [0.2, 0.25) is 0 Å². The van der Waals surface area contributed by atoms with Crippen molar-refractivity contribution in [3.8, 4) is 0 Å². The van der Waals surface area contributed by atoms with E-state index >= 15 is 0 Å². The number of carbonyl (C=O) groups is 2. The van der Waals surface area contributed by atoms with Crippen LogP contribution in [-0.2, 0) is 16.1 Å². The van der Waals surface area contributed by atoms with Gasteiger partial charge in [-0.1, -0.05) is 29.8 Å². The highest BCUT2D eigenvalue weighted by molar-refractivity contribution is 6.04. The fraction of sp³-hybridized carbons (Fsp3) is 0.476. The number of hydrogen-bond donors (Lipinski definition) is 1. The highest BCUT2D eigenvalue weighted by Gasteiger charge is 2.54. The summed E-state index contributed by atoms with van der Waals surface area (Å²) in [6.45, 7) is 5.42. The van der Waals surface area contributed by atoms with Crippen molar-refractivity contribution in [1.29, 1.82) is 0 Å². The Morgan fingerprint density at radius 3 is 2.53 bits per heavy atom. The lowest BCUT2D eigenvalue weighted by molar-refractivity contribution is -0.137. The monoisotopic (exact) mass is 413 g/mol. The molecule has 4 rings (SSSR count). The largest absolute Gasteiger partial charge is 0.394 e. The second-order valence-electron chi connectivity index (χ2n) is 7.76. The number of amides is 3. The van der Waals surface area contributed by atoms with Gasteiger partial charge in [0.25, 0.3) is 5.91 Å². The summed E-state index contributed by atoms with van der Waals surface area (Å²) in [5.41, 5.74) is 2.99. The number of aliphatic imine (C=N–C) groups is 1. The summed E-state index contributed by atoms with van der Waals surface area (Å²) in [5, 5.41) is 8.87.